The number of benzene rings is 1. The molecular formula is C17H26N4. The van der Waals surface area contributed by atoms with Crippen LogP contribution in [-0.2, 0) is 13.5 Å². The molecule has 4 nitrogen and oxygen atoms in total. The van der Waals surface area contributed by atoms with Gasteiger partial charge in [0.1, 0.15) is 0 Å². The van der Waals surface area contributed by atoms with Crippen LogP contribution >= 0.6 is 0 Å². The van der Waals surface area contributed by atoms with Crippen LogP contribution in [0, 0.1) is 12.8 Å². The van der Waals surface area contributed by atoms with Gasteiger partial charge in [-0.2, -0.15) is 0 Å². The van der Waals surface area contributed by atoms with Crippen LogP contribution in [0.3, 0.4) is 0 Å². The van der Waals surface area contributed by atoms with Crippen molar-refractivity contribution in [3.05, 3.63) is 47.3 Å². The standard InChI is InChI=1S/C17H26N4/c1-13(2)10-18-11-15(9-16-12-21(4)20-19-16)17-8-6-5-7-14(17)3/h5-8,12-13,15,18H,9-11H2,1-4H3. The third kappa shape index (κ3) is 4.67. The third-order valence-corrected chi connectivity index (χ3v) is 3.68. The van der Waals surface area contributed by atoms with E-state index in [2.05, 4.69) is 60.7 Å². The molecule has 0 amide bonds. The van der Waals surface area contributed by atoms with Crippen LogP contribution in [0.15, 0.2) is 30.5 Å². The Labute approximate surface area is 127 Å². The summed E-state index contributed by atoms with van der Waals surface area (Å²) in [6.45, 7) is 8.67. The van der Waals surface area contributed by atoms with Crippen molar-refractivity contribution >= 4 is 0 Å². The first kappa shape index (κ1) is 15.7. The fourth-order valence-electron chi connectivity index (χ4n) is 2.62. The van der Waals surface area contributed by atoms with E-state index in [4.69, 9.17) is 0 Å². The summed E-state index contributed by atoms with van der Waals surface area (Å²) in [5.74, 6) is 1.10. The zero-order valence-electron chi connectivity index (χ0n) is 13.5. The summed E-state index contributed by atoms with van der Waals surface area (Å²) in [4.78, 5) is 0. The highest BCUT2D eigenvalue weighted by Crippen LogP contribution is 2.22. The Bertz CT molecular complexity index is 559. The molecule has 0 saturated carbocycles. The molecule has 0 aliphatic carbocycles. The summed E-state index contributed by atoms with van der Waals surface area (Å²) >= 11 is 0. The van der Waals surface area contributed by atoms with Crippen molar-refractivity contribution in [1.82, 2.24) is 20.3 Å². The number of hydrogen-bond acceptors (Lipinski definition) is 3. The van der Waals surface area contributed by atoms with Gasteiger partial charge < -0.3 is 5.32 Å². The number of nitrogens with zero attached hydrogens (tertiary/aromatic N) is 3. The molecule has 1 atom stereocenters. The molecule has 21 heavy (non-hydrogen) atoms. The lowest BCUT2D eigenvalue weighted by atomic mass is 9.91. The summed E-state index contributed by atoms with van der Waals surface area (Å²) in [7, 11) is 1.91. The molecule has 0 fully saturated rings. The Morgan fingerprint density at radius 2 is 1.95 bits per heavy atom. The maximum Gasteiger partial charge on any atom is 0.0833 e. The van der Waals surface area contributed by atoms with Gasteiger partial charge in [-0.05, 0) is 30.5 Å². The highest BCUT2D eigenvalue weighted by Gasteiger charge is 2.16. The molecule has 2 aromatic rings. The lowest BCUT2D eigenvalue weighted by Gasteiger charge is -2.20. The predicted molar refractivity (Wildman–Crippen MR) is 86.3 cm³/mol. The molecular weight excluding hydrogens is 260 g/mol. The molecule has 0 aliphatic rings. The van der Waals surface area contributed by atoms with Crippen molar-refractivity contribution in [1.29, 1.82) is 0 Å². The largest absolute Gasteiger partial charge is 0.316 e. The van der Waals surface area contributed by atoms with E-state index < -0.39 is 0 Å². The van der Waals surface area contributed by atoms with Gasteiger partial charge in [0.05, 0.1) is 5.69 Å². The average molecular weight is 286 g/mol. The fraction of sp³-hybridized carbons (Fsp3) is 0.529. The smallest absolute Gasteiger partial charge is 0.0833 e. The van der Waals surface area contributed by atoms with Crippen LogP contribution in [0.5, 0.6) is 0 Å². The van der Waals surface area contributed by atoms with E-state index in [9.17, 15) is 0 Å². The summed E-state index contributed by atoms with van der Waals surface area (Å²) in [5.41, 5.74) is 3.80. The second kappa shape index (κ2) is 7.36. The summed E-state index contributed by atoms with van der Waals surface area (Å²) in [5, 5.41) is 11.9. The molecule has 0 spiro atoms. The first-order chi connectivity index (χ1) is 10.1. The molecule has 1 heterocycles. The molecule has 1 unspecified atom stereocenters. The van der Waals surface area contributed by atoms with Gasteiger partial charge in [-0.1, -0.05) is 43.3 Å². The Kier molecular flexibility index (Phi) is 5.51. The molecule has 0 radical (unpaired) electrons. The number of aromatic nitrogens is 3. The predicted octanol–water partition coefficient (Wildman–Crippen LogP) is 2.70. The molecule has 0 aliphatic heterocycles. The second-order valence-corrected chi connectivity index (χ2v) is 6.19. The van der Waals surface area contributed by atoms with E-state index in [0.717, 1.165) is 25.2 Å². The molecule has 0 saturated heterocycles. The van der Waals surface area contributed by atoms with Crippen molar-refractivity contribution in [3.8, 4) is 0 Å². The van der Waals surface area contributed by atoms with Gasteiger partial charge in [0.15, 0.2) is 0 Å². The van der Waals surface area contributed by atoms with Gasteiger partial charge in [-0.15, -0.1) is 5.10 Å². The number of hydrogen-bond donors (Lipinski definition) is 1. The normalized spacial score (nSPS) is 12.8. The van der Waals surface area contributed by atoms with Crippen molar-refractivity contribution in [3.63, 3.8) is 0 Å². The highest BCUT2D eigenvalue weighted by atomic mass is 15.4. The van der Waals surface area contributed by atoms with Gasteiger partial charge >= 0.3 is 0 Å². The lowest BCUT2D eigenvalue weighted by molar-refractivity contribution is 0.511. The number of rotatable bonds is 7. The highest BCUT2D eigenvalue weighted by molar-refractivity contribution is 5.30. The zero-order valence-corrected chi connectivity index (χ0v) is 13.5. The van der Waals surface area contributed by atoms with Gasteiger partial charge in [-0.25, -0.2) is 0 Å². The third-order valence-electron chi connectivity index (χ3n) is 3.68. The summed E-state index contributed by atoms with van der Waals surface area (Å²) in [6, 6.07) is 8.63. The fourth-order valence-corrected chi connectivity index (χ4v) is 2.62. The Morgan fingerprint density at radius 1 is 1.19 bits per heavy atom. The summed E-state index contributed by atoms with van der Waals surface area (Å²) in [6.07, 6.45) is 2.93. The van der Waals surface area contributed by atoms with Crippen LogP contribution in [0.4, 0.5) is 0 Å². The molecule has 1 N–H and O–H groups in total. The SMILES string of the molecule is Cc1ccccc1C(CNCC(C)C)Cc1cn(C)nn1. The van der Waals surface area contributed by atoms with Crippen LogP contribution < -0.4 is 5.32 Å². The minimum atomic E-state index is 0.432. The molecule has 4 heteroatoms. The first-order valence-corrected chi connectivity index (χ1v) is 7.67. The van der Waals surface area contributed by atoms with Crippen molar-refractivity contribution in [2.45, 2.75) is 33.1 Å². The number of aryl methyl sites for hydroxylation is 2. The topological polar surface area (TPSA) is 42.7 Å². The molecule has 1 aromatic heterocycles. The van der Waals surface area contributed by atoms with E-state index in [0.29, 0.717) is 11.8 Å². The van der Waals surface area contributed by atoms with E-state index >= 15 is 0 Å². The Hall–Kier alpha value is -1.68. The van der Waals surface area contributed by atoms with Gasteiger partial charge in [0.25, 0.3) is 0 Å². The van der Waals surface area contributed by atoms with E-state index in [1.54, 1.807) is 4.68 Å². The first-order valence-electron chi connectivity index (χ1n) is 7.67. The zero-order chi connectivity index (χ0) is 15.2. The summed E-state index contributed by atoms with van der Waals surface area (Å²) < 4.78 is 1.77. The molecule has 2 rings (SSSR count). The van der Waals surface area contributed by atoms with Gasteiger partial charge in [-0.3, -0.25) is 4.68 Å². The maximum atomic E-state index is 4.24. The minimum absolute atomic E-state index is 0.432. The van der Waals surface area contributed by atoms with Crippen LogP contribution in [0.2, 0.25) is 0 Å². The van der Waals surface area contributed by atoms with Crippen molar-refractivity contribution < 1.29 is 0 Å². The second-order valence-electron chi connectivity index (χ2n) is 6.19. The minimum Gasteiger partial charge on any atom is -0.316 e. The van der Waals surface area contributed by atoms with Crippen LogP contribution in [0.25, 0.3) is 0 Å². The quantitative estimate of drug-likeness (QED) is 0.851. The van der Waals surface area contributed by atoms with Gasteiger partial charge in [0.2, 0.25) is 0 Å². The maximum absolute atomic E-state index is 4.24. The van der Waals surface area contributed by atoms with E-state index in [-0.39, 0.29) is 0 Å². The lowest BCUT2D eigenvalue weighted by Crippen LogP contribution is -2.27. The Morgan fingerprint density at radius 3 is 2.57 bits per heavy atom. The van der Waals surface area contributed by atoms with Crippen LogP contribution in [0.1, 0.15) is 36.6 Å². The van der Waals surface area contributed by atoms with E-state index in [1.165, 1.54) is 11.1 Å². The average Bonchev–Trinajstić information content (AvgIpc) is 2.83. The molecule has 114 valence electrons. The van der Waals surface area contributed by atoms with Crippen molar-refractivity contribution in [2.75, 3.05) is 13.1 Å². The van der Waals surface area contributed by atoms with Crippen molar-refractivity contribution in [2.24, 2.45) is 13.0 Å². The Balaban J connectivity index is 2.12. The van der Waals surface area contributed by atoms with Crippen LogP contribution in [-0.4, -0.2) is 28.1 Å². The molecule has 0 bridgehead atoms. The monoisotopic (exact) mass is 286 g/mol. The van der Waals surface area contributed by atoms with Gasteiger partial charge in [0, 0.05) is 32.1 Å². The number of nitrogens with one attached hydrogen (secondary N) is 1. The molecule has 1 aromatic carbocycles. The van der Waals surface area contributed by atoms with E-state index in [1.807, 2.05) is 13.2 Å².